The molecule has 1 heterocycles. The zero-order valence-electron chi connectivity index (χ0n) is 18.5. The predicted molar refractivity (Wildman–Crippen MR) is 133 cm³/mol. The highest BCUT2D eigenvalue weighted by Gasteiger charge is 2.20. The van der Waals surface area contributed by atoms with E-state index in [1.54, 1.807) is 0 Å². The fourth-order valence-corrected chi connectivity index (χ4v) is 3.41. The lowest BCUT2D eigenvalue weighted by Crippen LogP contribution is -2.45. The number of guanidine groups is 1. The largest absolute Gasteiger partial charge is 0.379 e. The molecule has 1 atom stereocenters. The first-order valence-electron chi connectivity index (χ1n) is 10.6. The van der Waals surface area contributed by atoms with Gasteiger partial charge in [-0.3, -0.25) is 9.89 Å². The quantitative estimate of drug-likeness (QED) is 0.193. The van der Waals surface area contributed by atoms with Crippen LogP contribution in [0.3, 0.4) is 0 Å². The second-order valence-corrected chi connectivity index (χ2v) is 8.09. The number of ether oxygens (including phenoxy) is 1. The summed E-state index contributed by atoms with van der Waals surface area (Å²) in [6.07, 6.45) is 1.11. The maximum Gasteiger partial charge on any atom is 0.191 e. The van der Waals surface area contributed by atoms with Crippen molar-refractivity contribution in [3.05, 3.63) is 35.9 Å². The van der Waals surface area contributed by atoms with E-state index in [1.165, 1.54) is 5.56 Å². The van der Waals surface area contributed by atoms with Gasteiger partial charge in [-0.1, -0.05) is 30.3 Å². The van der Waals surface area contributed by atoms with Crippen molar-refractivity contribution in [3.8, 4) is 0 Å². The highest BCUT2D eigenvalue weighted by Crippen LogP contribution is 2.16. The molecule has 6 nitrogen and oxygen atoms in total. The summed E-state index contributed by atoms with van der Waals surface area (Å²) in [6, 6.07) is 10.8. The van der Waals surface area contributed by atoms with E-state index in [0.29, 0.717) is 6.54 Å². The van der Waals surface area contributed by atoms with Crippen molar-refractivity contribution >= 4 is 29.9 Å². The maximum atomic E-state index is 5.40. The Hall–Kier alpha value is -0.900. The minimum atomic E-state index is -0.0919. The van der Waals surface area contributed by atoms with Gasteiger partial charge in [-0.2, -0.15) is 0 Å². The molecule has 2 rings (SSSR count). The molecule has 3 N–H and O–H groups in total. The van der Waals surface area contributed by atoms with Gasteiger partial charge >= 0.3 is 0 Å². The summed E-state index contributed by atoms with van der Waals surface area (Å²) < 4.78 is 5.40. The normalized spacial score (nSPS) is 16.8. The fraction of sp³-hybridized carbons (Fsp3) is 0.682. The van der Waals surface area contributed by atoms with Crippen LogP contribution in [0.1, 0.15) is 45.7 Å². The van der Waals surface area contributed by atoms with Gasteiger partial charge in [0.2, 0.25) is 0 Å². The first kappa shape index (κ1) is 26.1. The minimum Gasteiger partial charge on any atom is -0.379 e. The topological polar surface area (TPSA) is 60.9 Å². The van der Waals surface area contributed by atoms with Crippen LogP contribution in [0.15, 0.2) is 35.3 Å². The lowest BCUT2D eigenvalue weighted by molar-refractivity contribution is 0.0376. The third kappa shape index (κ3) is 10.6. The number of nitrogens with one attached hydrogen (secondary N) is 3. The number of hydrogen-bond acceptors (Lipinski definition) is 4. The molecular formula is C22H40IN5O. The van der Waals surface area contributed by atoms with E-state index in [9.17, 15) is 0 Å². The first-order valence-corrected chi connectivity index (χ1v) is 10.6. The van der Waals surface area contributed by atoms with E-state index in [0.717, 1.165) is 58.3 Å². The van der Waals surface area contributed by atoms with Gasteiger partial charge in [-0.05, 0) is 46.2 Å². The Morgan fingerprint density at radius 1 is 1.17 bits per heavy atom. The first-order chi connectivity index (χ1) is 13.5. The molecule has 1 fully saturated rings. The van der Waals surface area contributed by atoms with Crippen molar-refractivity contribution in [2.45, 2.75) is 45.7 Å². The number of nitrogens with zero attached hydrogens (tertiary/aromatic N) is 2. The summed E-state index contributed by atoms with van der Waals surface area (Å²) in [5.74, 6) is 0.895. The summed E-state index contributed by atoms with van der Waals surface area (Å²) >= 11 is 0. The summed E-state index contributed by atoms with van der Waals surface area (Å²) in [5, 5.41) is 10.5. The zero-order chi connectivity index (χ0) is 20.2. The Morgan fingerprint density at radius 2 is 1.86 bits per heavy atom. The van der Waals surface area contributed by atoms with Crippen LogP contribution >= 0.6 is 24.0 Å². The van der Waals surface area contributed by atoms with Crippen molar-refractivity contribution in [1.82, 2.24) is 20.9 Å². The van der Waals surface area contributed by atoms with E-state index >= 15 is 0 Å². The average molecular weight is 518 g/mol. The summed E-state index contributed by atoms with van der Waals surface area (Å²) in [6.45, 7) is 16.2. The van der Waals surface area contributed by atoms with Crippen LogP contribution in [0, 0.1) is 0 Å². The van der Waals surface area contributed by atoms with Crippen LogP contribution in [0.4, 0.5) is 0 Å². The van der Waals surface area contributed by atoms with Gasteiger partial charge in [0.15, 0.2) is 5.96 Å². The molecule has 0 radical (unpaired) electrons. The SMILES string of the molecule is CCNC(=NCC(C)(C)NC(C)c1ccccc1)NCCCN1CCOCC1.I. The molecule has 0 amide bonds. The Morgan fingerprint density at radius 3 is 2.52 bits per heavy atom. The third-order valence-corrected chi connectivity index (χ3v) is 4.93. The summed E-state index contributed by atoms with van der Waals surface area (Å²) in [7, 11) is 0. The van der Waals surface area contributed by atoms with Crippen LogP contribution in [-0.2, 0) is 4.74 Å². The molecular weight excluding hydrogens is 477 g/mol. The molecule has 0 aromatic heterocycles. The van der Waals surface area contributed by atoms with Crippen molar-refractivity contribution in [1.29, 1.82) is 0 Å². The number of morpholine rings is 1. The predicted octanol–water partition coefficient (Wildman–Crippen LogP) is 3.01. The lowest BCUT2D eigenvalue weighted by Gasteiger charge is -2.29. The molecule has 1 aliphatic rings. The van der Waals surface area contributed by atoms with Gasteiger partial charge in [0.05, 0.1) is 19.8 Å². The third-order valence-electron chi connectivity index (χ3n) is 4.93. The monoisotopic (exact) mass is 517 g/mol. The summed E-state index contributed by atoms with van der Waals surface area (Å²) in [4.78, 5) is 7.28. The molecule has 1 unspecified atom stereocenters. The number of benzene rings is 1. The van der Waals surface area contributed by atoms with Gasteiger partial charge in [0, 0.05) is 37.8 Å². The van der Waals surface area contributed by atoms with E-state index < -0.39 is 0 Å². The number of rotatable bonds is 10. The van der Waals surface area contributed by atoms with Gasteiger partial charge in [0.25, 0.3) is 0 Å². The smallest absolute Gasteiger partial charge is 0.191 e. The number of halogens is 1. The fourth-order valence-electron chi connectivity index (χ4n) is 3.41. The zero-order valence-corrected chi connectivity index (χ0v) is 20.9. The van der Waals surface area contributed by atoms with Crippen LogP contribution in [0.2, 0.25) is 0 Å². The highest BCUT2D eigenvalue weighted by atomic mass is 127. The Balaban J connectivity index is 0.00000420. The van der Waals surface area contributed by atoms with Crippen molar-refractivity contribution in [3.63, 3.8) is 0 Å². The second kappa shape index (κ2) is 14.2. The van der Waals surface area contributed by atoms with Crippen LogP contribution in [0.25, 0.3) is 0 Å². The molecule has 29 heavy (non-hydrogen) atoms. The molecule has 1 aromatic carbocycles. The Labute approximate surface area is 194 Å². The van der Waals surface area contributed by atoms with Crippen molar-refractivity contribution in [2.75, 3.05) is 52.5 Å². The molecule has 0 aliphatic carbocycles. The second-order valence-electron chi connectivity index (χ2n) is 8.09. The number of hydrogen-bond donors (Lipinski definition) is 3. The van der Waals surface area contributed by atoms with Crippen LogP contribution in [-0.4, -0.2) is 68.9 Å². The lowest BCUT2D eigenvalue weighted by atomic mass is 10.0. The average Bonchev–Trinajstić information content (AvgIpc) is 2.70. The van der Waals surface area contributed by atoms with E-state index in [2.05, 4.69) is 78.9 Å². The van der Waals surface area contributed by atoms with E-state index in [-0.39, 0.29) is 35.6 Å². The van der Waals surface area contributed by atoms with E-state index in [1.807, 2.05) is 0 Å². The standard InChI is InChI=1S/C22H39N5O.HI/c1-5-23-21(24-12-9-13-27-14-16-28-17-15-27)25-18-22(3,4)26-19(2)20-10-7-6-8-11-20;/h6-8,10-11,19,26H,5,9,12-18H2,1-4H3,(H2,23,24,25);1H. The Kier molecular flexibility index (Phi) is 12.8. The molecule has 0 saturated carbocycles. The molecule has 1 aromatic rings. The minimum absolute atomic E-state index is 0. The molecule has 1 aliphatic heterocycles. The summed E-state index contributed by atoms with van der Waals surface area (Å²) in [5.41, 5.74) is 1.21. The molecule has 0 bridgehead atoms. The van der Waals surface area contributed by atoms with E-state index in [4.69, 9.17) is 9.73 Å². The number of aliphatic imine (C=N–C) groups is 1. The highest BCUT2D eigenvalue weighted by molar-refractivity contribution is 14.0. The van der Waals surface area contributed by atoms with Crippen LogP contribution < -0.4 is 16.0 Å². The molecule has 7 heteroatoms. The molecule has 166 valence electrons. The van der Waals surface area contributed by atoms with Gasteiger partial charge in [-0.15, -0.1) is 24.0 Å². The van der Waals surface area contributed by atoms with Crippen LogP contribution in [0.5, 0.6) is 0 Å². The molecule has 0 spiro atoms. The van der Waals surface area contributed by atoms with Gasteiger partial charge < -0.3 is 20.7 Å². The van der Waals surface area contributed by atoms with Crippen molar-refractivity contribution in [2.24, 2.45) is 4.99 Å². The Bertz CT molecular complexity index is 576. The maximum absolute atomic E-state index is 5.40. The van der Waals surface area contributed by atoms with Crippen molar-refractivity contribution < 1.29 is 4.74 Å². The molecule has 1 saturated heterocycles. The van der Waals surface area contributed by atoms with Gasteiger partial charge in [-0.25, -0.2) is 0 Å². The van der Waals surface area contributed by atoms with Gasteiger partial charge in [0.1, 0.15) is 0 Å².